The lowest BCUT2D eigenvalue weighted by atomic mass is 9.77. The second kappa shape index (κ2) is 6.80. The summed E-state index contributed by atoms with van der Waals surface area (Å²) in [4.78, 5) is 8.22. The number of nitrogens with one attached hydrogen (secondary N) is 1. The highest BCUT2D eigenvalue weighted by molar-refractivity contribution is 7.45. The van der Waals surface area contributed by atoms with Crippen molar-refractivity contribution in [3.8, 4) is 16.9 Å². The van der Waals surface area contributed by atoms with Crippen molar-refractivity contribution in [2.24, 2.45) is 0 Å². The van der Waals surface area contributed by atoms with Gasteiger partial charge in [0.2, 0.25) is 0 Å². The van der Waals surface area contributed by atoms with E-state index in [0.29, 0.717) is 15.2 Å². The third-order valence-corrected chi connectivity index (χ3v) is 7.84. The second-order valence-electron chi connectivity index (χ2n) is 9.66. The molecule has 5 nitrogen and oxygen atoms in total. The highest BCUT2D eigenvalue weighted by Gasteiger charge is 2.51. The largest absolute Gasteiger partial charge is 0.494 e. The first-order chi connectivity index (χ1) is 15.3. The molecule has 2 aliphatic heterocycles. The molecule has 0 spiro atoms. The summed E-state index contributed by atoms with van der Waals surface area (Å²) in [6.07, 6.45) is 0. The van der Waals surface area contributed by atoms with Crippen molar-refractivity contribution in [1.82, 2.24) is 9.97 Å². The van der Waals surface area contributed by atoms with Crippen LogP contribution in [0.5, 0.6) is 5.75 Å². The Morgan fingerprint density at radius 1 is 0.969 bits per heavy atom. The Morgan fingerprint density at radius 3 is 2.50 bits per heavy atom. The van der Waals surface area contributed by atoms with Crippen LogP contribution in [0.2, 0.25) is 0 Å². The summed E-state index contributed by atoms with van der Waals surface area (Å²) < 4.78 is 18.7. The van der Waals surface area contributed by atoms with Crippen LogP contribution in [0.15, 0.2) is 42.5 Å². The van der Waals surface area contributed by atoms with E-state index in [1.54, 1.807) is 0 Å². The number of H-pyrrole nitrogens is 1. The molecular weight excluding hydrogens is 418 g/mol. The van der Waals surface area contributed by atoms with Crippen LogP contribution in [0.1, 0.15) is 33.3 Å². The van der Waals surface area contributed by atoms with Gasteiger partial charge in [0.05, 0.1) is 22.2 Å². The fourth-order valence-electron chi connectivity index (χ4n) is 4.55. The van der Waals surface area contributed by atoms with Gasteiger partial charge in [-0.1, -0.05) is 32.8 Å². The molecule has 4 aromatic rings. The quantitative estimate of drug-likeness (QED) is 0.365. The molecule has 162 valence electrons. The highest BCUT2D eigenvalue weighted by Crippen LogP contribution is 2.42. The predicted molar refractivity (Wildman–Crippen MR) is 133 cm³/mol. The van der Waals surface area contributed by atoms with Crippen molar-refractivity contribution >= 4 is 48.5 Å². The summed E-state index contributed by atoms with van der Waals surface area (Å²) >= 11 is 0. The summed E-state index contributed by atoms with van der Waals surface area (Å²) in [5.41, 5.74) is 6.91. The lowest BCUT2D eigenvalue weighted by Crippen LogP contribution is -2.41. The molecule has 1 atom stereocenters. The molecule has 7 heteroatoms. The summed E-state index contributed by atoms with van der Waals surface area (Å²) in [6, 6.07) is 15.1. The van der Waals surface area contributed by atoms with Gasteiger partial charge < -0.3 is 19.0 Å². The van der Waals surface area contributed by atoms with Gasteiger partial charge >= 0.3 is 7.12 Å². The van der Waals surface area contributed by atoms with Crippen molar-refractivity contribution in [3.05, 3.63) is 48.0 Å². The highest BCUT2D eigenvalue weighted by atomic mass is 31.1. The minimum atomic E-state index is -0.371. The molecule has 0 saturated carbocycles. The van der Waals surface area contributed by atoms with Gasteiger partial charge in [-0.05, 0) is 74.5 Å². The number of nitrogens with zero attached hydrogens (tertiary/aromatic N) is 1. The average Bonchev–Trinajstić information content (AvgIpc) is 3.29. The first-order valence-corrected chi connectivity index (χ1v) is 12.5. The van der Waals surface area contributed by atoms with E-state index in [2.05, 4.69) is 81.8 Å². The van der Waals surface area contributed by atoms with Crippen molar-refractivity contribution in [2.45, 2.75) is 45.5 Å². The van der Waals surface area contributed by atoms with Gasteiger partial charge in [0.25, 0.3) is 0 Å². The average molecular weight is 444 g/mol. The molecule has 1 fully saturated rings. The molecule has 0 radical (unpaired) electrons. The zero-order valence-electron chi connectivity index (χ0n) is 19.0. The molecule has 0 amide bonds. The molecule has 3 aromatic carbocycles. The van der Waals surface area contributed by atoms with E-state index >= 15 is 0 Å². The Hall–Kier alpha value is -2.40. The Kier molecular flexibility index (Phi) is 4.30. The second-order valence-corrected chi connectivity index (χ2v) is 10.6. The molecule has 2 aliphatic rings. The van der Waals surface area contributed by atoms with E-state index in [1.807, 2.05) is 0 Å². The first kappa shape index (κ1) is 20.2. The normalized spacial score (nSPS) is 19.0. The maximum atomic E-state index is 6.25. The van der Waals surface area contributed by atoms with Gasteiger partial charge in [-0.2, -0.15) is 0 Å². The molecule has 6 rings (SSSR count). The number of ether oxygens (including phenoxy) is 1. The number of rotatable bonds is 2. The molecule has 1 aromatic heterocycles. The van der Waals surface area contributed by atoms with Crippen LogP contribution in [-0.4, -0.2) is 35.0 Å². The molecule has 3 heterocycles. The minimum absolute atomic E-state index is 0.356. The van der Waals surface area contributed by atoms with Gasteiger partial charge in [0, 0.05) is 10.9 Å². The lowest BCUT2D eigenvalue weighted by molar-refractivity contribution is 0.00578. The number of aromatic nitrogens is 2. The van der Waals surface area contributed by atoms with E-state index in [-0.39, 0.29) is 18.3 Å². The van der Waals surface area contributed by atoms with E-state index < -0.39 is 0 Å². The van der Waals surface area contributed by atoms with Gasteiger partial charge in [0.15, 0.2) is 0 Å². The molecule has 1 N–H and O–H groups in total. The predicted octanol–water partition coefficient (Wildman–Crippen LogP) is 4.51. The summed E-state index contributed by atoms with van der Waals surface area (Å²) in [5, 5.41) is 2.29. The SMILES string of the molecule is CPc1nc2c(ccc3cc4c(cc32)OCc2cc(B3OC(C)(C)C(C)(C)O3)ccc2-4)[nH]1. The first-order valence-electron chi connectivity index (χ1n) is 11.0. The third kappa shape index (κ3) is 2.93. The van der Waals surface area contributed by atoms with Crippen LogP contribution in [-0.2, 0) is 15.9 Å². The fraction of sp³-hybridized carbons (Fsp3) is 0.320. The van der Waals surface area contributed by atoms with E-state index in [4.69, 9.17) is 19.0 Å². The Balaban J connectivity index is 1.42. The van der Waals surface area contributed by atoms with Crippen LogP contribution in [0.4, 0.5) is 0 Å². The fourth-order valence-corrected chi connectivity index (χ4v) is 5.03. The van der Waals surface area contributed by atoms with Gasteiger partial charge in [0.1, 0.15) is 17.9 Å². The van der Waals surface area contributed by atoms with Gasteiger partial charge in [-0.25, -0.2) is 4.98 Å². The third-order valence-electron chi connectivity index (χ3n) is 7.13. The van der Waals surface area contributed by atoms with Crippen LogP contribution >= 0.6 is 8.58 Å². The van der Waals surface area contributed by atoms with Gasteiger partial charge in [-0.3, -0.25) is 0 Å². The van der Waals surface area contributed by atoms with E-state index in [9.17, 15) is 0 Å². The smallest absolute Gasteiger partial charge is 0.488 e. The van der Waals surface area contributed by atoms with Crippen molar-refractivity contribution in [1.29, 1.82) is 0 Å². The van der Waals surface area contributed by atoms with E-state index in [0.717, 1.165) is 44.3 Å². The van der Waals surface area contributed by atoms with Crippen LogP contribution < -0.4 is 15.8 Å². The van der Waals surface area contributed by atoms with Crippen LogP contribution in [0.3, 0.4) is 0 Å². The van der Waals surface area contributed by atoms with E-state index in [1.165, 1.54) is 10.9 Å². The summed E-state index contributed by atoms with van der Waals surface area (Å²) in [6.45, 7) is 11.0. The van der Waals surface area contributed by atoms with Crippen LogP contribution in [0.25, 0.3) is 32.9 Å². The number of imidazole rings is 1. The Labute approximate surface area is 189 Å². The molecule has 0 aliphatic carbocycles. The zero-order valence-corrected chi connectivity index (χ0v) is 20.0. The van der Waals surface area contributed by atoms with Crippen molar-refractivity contribution in [3.63, 3.8) is 0 Å². The Morgan fingerprint density at radius 2 is 1.75 bits per heavy atom. The minimum Gasteiger partial charge on any atom is -0.488 e. The molecule has 32 heavy (non-hydrogen) atoms. The summed E-state index contributed by atoms with van der Waals surface area (Å²) in [7, 11) is 0.271. The maximum absolute atomic E-state index is 6.25. The van der Waals surface area contributed by atoms with Crippen molar-refractivity contribution in [2.75, 3.05) is 6.66 Å². The number of hydrogen-bond donors (Lipinski definition) is 1. The number of aromatic amines is 1. The standard InChI is InChI=1S/C25H26BN2O3P/c1-24(2)25(3,4)31-26(30-24)16-7-8-17-15(10-16)13-29-21-12-18-14(11-19(17)21)6-9-20-22(18)28-23(27-20)32-5/h6-12,32H,13H2,1-5H3,(H,27,28). The maximum Gasteiger partial charge on any atom is 0.494 e. The summed E-state index contributed by atoms with van der Waals surface area (Å²) in [5.74, 6) is 0.907. The molecule has 0 bridgehead atoms. The lowest BCUT2D eigenvalue weighted by Gasteiger charge is -2.32. The zero-order chi connectivity index (χ0) is 22.3. The number of benzene rings is 3. The van der Waals surface area contributed by atoms with Gasteiger partial charge in [-0.15, -0.1) is 0 Å². The molecule has 1 unspecified atom stereocenters. The Bertz CT molecular complexity index is 1380. The monoisotopic (exact) mass is 444 g/mol. The number of fused-ring (bicyclic) bond motifs is 6. The van der Waals surface area contributed by atoms with Crippen molar-refractivity contribution < 1.29 is 14.0 Å². The molecule has 1 saturated heterocycles. The molecular formula is C25H26BN2O3P. The van der Waals surface area contributed by atoms with Crippen LogP contribution in [0, 0.1) is 0 Å². The topological polar surface area (TPSA) is 56.4 Å². The number of hydrogen-bond acceptors (Lipinski definition) is 4.